The third-order valence-electron chi connectivity index (χ3n) is 2.41. The van der Waals surface area contributed by atoms with E-state index in [1.807, 2.05) is 42.5 Å². The van der Waals surface area contributed by atoms with Gasteiger partial charge in [0.2, 0.25) is 0 Å². The minimum Gasteiger partial charge on any atom is -0.249 e. The van der Waals surface area contributed by atoms with Crippen LogP contribution in [0.3, 0.4) is 0 Å². The van der Waals surface area contributed by atoms with E-state index in [0.717, 1.165) is 10.0 Å². The predicted molar refractivity (Wildman–Crippen MR) is 73.4 cm³/mol. The van der Waals surface area contributed by atoms with Gasteiger partial charge in [-0.15, -0.1) is 0 Å². The molecule has 4 heteroatoms. The van der Waals surface area contributed by atoms with Gasteiger partial charge >= 0.3 is 0 Å². The third kappa shape index (κ3) is 3.17. The molecule has 0 aromatic heterocycles. The van der Waals surface area contributed by atoms with Crippen molar-refractivity contribution in [3.8, 4) is 0 Å². The van der Waals surface area contributed by atoms with Crippen molar-refractivity contribution in [1.82, 2.24) is 0 Å². The standard InChI is InChI=1S/C13H12BrNOS/c14-12-6-8-13(9-7-12)17(15,16)10-11-4-2-1-3-5-11/h1-9,15H,10H2. The second-order valence-corrected chi connectivity index (χ2v) is 6.79. The van der Waals surface area contributed by atoms with E-state index >= 15 is 0 Å². The maximum atomic E-state index is 12.3. The van der Waals surface area contributed by atoms with E-state index in [4.69, 9.17) is 4.78 Å². The quantitative estimate of drug-likeness (QED) is 0.912. The smallest absolute Gasteiger partial charge is 0.0768 e. The number of rotatable bonds is 3. The fourth-order valence-electron chi connectivity index (χ4n) is 1.55. The number of hydrogen-bond donors (Lipinski definition) is 1. The van der Waals surface area contributed by atoms with E-state index in [1.54, 1.807) is 12.1 Å². The van der Waals surface area contributed by atoms with Crippen molar-refractivity contribution in [2.75, 3.05) is 0 Å². The van der Waals surface area contributed by atoms with Gasteiger partial charge in [0.15, 0.2) is 0 Å². The first kappa shape index (κ1) is 12.3. The summed E-state index contributed by atoms with van der Waals surface area (Å²) in [6.07, 6.45) is 0. The lowest BCUT2D eigenvalue weighted by atomic mass is 10.2. The Labute approximate surface area is 110 Å². The van der Waals surface area contributed by atoms with E-state index in [9.17, 15) is 4.21 Å². The van der Waals surface area contributed by atoms with Crippen LogP contribution in [0.2, 0.25) is 0 Å². The van der Waals surface area contributed by atoms with Crippen molar-refractivity contribution in [3.05, 3.63) is 64.6 Å². The lowest BCUT2D eigenvalue weighted by Crippen LogP contribution is -2.02. The Hall–Kier alpha value is -1.13. The Bertz CT molecular complexity index is 591. The normalized spacial score (nSPS) is 14.2. The highest BCUT2D eigenvalue weighted by Crippen LogP contribution is 2.19. The second kappa shape index (κ2) is 5.02. The van der Waals surface area contributed by atoms with Gasteiger partial charge in [-0.05, 0) is 29.8 Å². The van der Waals surface area contributed by atoms with E-state index in [-0.39, 0.29) is 5.75 Å². The van der Waals surface area contributed by atoms with Crippen LogP contribution in [-0.2, 0) is 15.5 Å². The first-order valence-electron chi connectivity index (χ1n) is 5.14. The lowest BCUT2D eigenvalue weighted by Gasteiger charge is -2.07. The van der Waals surface area contributed by atoms with Crippen LogP contribution in [-0.4, -0.2) is 4.21 Å². The summed E-state index contributed by atoms with van der Waals surface area (Å²) in [5.41, 5.74) is 0.926. The first-order chi connectivity index (χ1) is 8.08. The molecule has 17 heavy (non-hydrogen) atoms. The van der Waals surface area contributed by atoms with Crippen LogP contribution in [0.1, 0.15) is 5.56 Å². The minimum atomic E-state index is -2.75. The second-order valence-electron chi connectivity index (χ2n) is 3.76. The van der Waals surface area contributed by atoms with Gasteiger partial charge in [-0.2, -0.15) is 0 Å². The zero-order valence-corrected chi connectivity index (χ0v) is 11.5. The molecular weight excluding hydrogens is 298 g/mol. The van der Waals surface area contributed by atoms with Gasteiger partial charge in [-0.1, -0.05) is 46.3 Å². The number of halogens is 1. The molecule has 0 bridgehead atoms. The summed E-state index contributed by atoms with van der Waals surface area (Å²) >= 11 is 3.33. The van der Waals surface area contributed by atoms with Crippen LogP contribution in [0.4, 0.5) is 0 Å². The number of benzene rings is 2. The summed E-state index contributed by atoms with van der Waals surface area (Å²) in [5, 5.41) is 0. The summed E-state index contributed by atoms with van der Waals surface area (Å²) in [7, 11) is -2.75. The van der Waals surface area contributed by atoms with Gasteiger partial charge in [-0.25, -0.2) is 8.99 Å². The predicted octanol–water partition coefficient (Wildman–Crippen LogP) is 4.05. The van der Waals surface area contributed by atoms with Crippen LogP contribution in [0, 0.1) is 4.78 Å². The van der Waals surface area contributed by atoms with Gasteiger partial charge in [0.25, 0.3) is 0 Å². The monoisotopic (exact) mass is 309 g/mol. The molecule has 2 nitrogen and oxygen atoms in total. The maximum absolute atomic E-state index is 12.3. The van der Waals surface area contributed by atoms with Crippen molar-refractivity contribution in [3.63, 3.8) is 0 Å². The molecule has 2 rings (SSSR count). The average Bonchev–Trinajstić information content (AvgIpc) is 2.30. The maximum Gasteiger partial charge on any atom is 0.0768 e. The molecule has 0 radical (unpaired) electrons. The largest absolute Gasteiger partial charge is 0.249 e. The third-order valence-corrected chi connectivity index (χ3v) is 4.71. The summed E-state index contributed by atoms with van der Waals surface area (Å²) in [6.45, 7) is 0. The molecule has 0 spiro atoms. The Morgan fingerprint density at radius 2 is 1.59 bits per heavy atom. The lowest BCUT2D eigenvalue weighted by molar-refractivity contribution is 0.674. The summed E-state index contributed by atoms with van der Waals surface area (Å²) < 4.78 is 21.2. The van der Waals surface area contributed by atoms with E-state index in [1.165, 1.54) is 0 Å². The topological polar surface area (TPSA) is 40.9 Å². The van der Waals surface area contributed by atoms with Gasteiger partial charge in [0.05, 0.1) is 15.5 Å². The fraction of sp³-hybridized carbons (Fsp3) is 0.0769. The fourth-order valence-corrected chi connectivity index (χ4v) is 3.22. The van der Waals surface area contributed by atoms with Gasteiger partial charge in [0.1, 0.15) is 0 Å². The van der Waals surface area contributed by atoms with E-state index in [0.29, 0.717) is 4.90 Å². The number of hydrogen-bond acceptors (Lipinski definition) is 2. The molecule has 0 aliphatic rings. The summed E-state index contributed by atoms with van der Waals surface area (Å²) in [6, 6.07) is 16.6. The zero-order valence-electron chi connectivity index (χ0n) is 9.10. The molecule has 0 aliphatic carbocycles. The van der Waals surface area contributed by atoms with Crippen molar-refractivity contribution in [1.29, 1.82) is 4.78 Å². The molecule has 0 heterocycles. The van der Waals surface area contributed by atoms with Crippen molar-refractivity contribution in [2.45, 2.75) is 10.6 Å². The Morgan fingerprint density at radius 3 is 2.18 bits per heavy atom. The van der Waals surface area contributed by atoms with Crippen LogP contribution < -0.4 is 0 Å². The highest BCUT2D eigenvalue weighted by Gasteiger charge is 2.10. The molecule has 0 fully saturated rings. The van der Waals surface area contributed by atoms with Crippen molar-refractivity contribution in [2.24, 2.45) is 0 Å². The zero-order chi connectivity index (χ0) is 12.3. The van der Waals surface area contributed by atoms with Crippen molar-refractivity contribution < 1.29 is 4.21 Å². The molecule has 0 amide bonds. The van der Waals surface area contributed by atoms with Crippen molar-refractivity contribution >= 4 is 25.7 Å². The van der Waals surface area contributed by atoms with E-state index in [2.05, 4.69) is 15.9 Å². The SMILES string of the molecule is N=S(=O)(Cc1ccccc1)c1ccc(Br)cc1. The Balaban J connectivity index is 2.29. The Kier molecular flexibility index (Phi) is 3.64. The minimum absolute atomic E-state index is 0.259. The molecule has 0 aliphatic heterocycles. The molecule has 1 N–H and O–H groups in total. The highest BCUT2D eigenvalue weighted by molar-refractivity contribution is 9.10. The first-order valence-corrected chi connectivity index (χ1v) is 7.66. The van der Waals surface area contributed by atoms with Gasteiger partial charge in [0, 0.05) is 9.37 Å². The van der Waals surface area contributed by atoms with E-state index < -0.39 is 9.73 Å². The van der Waals surface area contributed by atoms with Crippen LogP contribution in [0.15, 0.2) is 64.0 Å². The molecular formula is C13H12BrNOS. The highest BCUT2D eigenvalue weighted by atomic mass is 79.9. The van der Waals surface area contributed by atoms with Crippen LogP contribution >= 0.6 is 15.9 Å². The van der Waals surface area contributed by atoms with Crippen LogP contribution in [0.5, 0.6) is 0 Å². The summed E-state index contributed by atoms with van der Waals surface area (Å²) in [5.74, 6) is 0.259. The molecule has 1 atom stereocenters. The molecule has 0 saturated heterocycles. The molecule has 1 unspecified atom stereocenters. The van der Waals surface area contributed by atoms with Gasteiger partial charge < -0.3 is 0 Å². The molecule has 2 aromatic carbocycles. The van der Waals surface area contributed by atoms with Crippen LogP contribution in [0.25, 0.3) is 0 Å². The average molecular weight is 310 g/mol. The van der Waals surface area contributed by atoms with Gasteiger partial charge in [-0.3, -0.25) is 0 Å². The molecule has 2 aromatic rings. The molecule has 88 valence electrons. The summed E-state index contributed by atoms with van der Waals surface area (Å²) in [4.78, 5) is 0.574. The molecule has 0 saturated carbocycles. The Morgan fingerprint density at radius 1 is 1.00 bits per heavy atom. The number of nitrogens with one attached hydrogen (secondary N) is 1.